The van der Waals surface area contributed by atoms with Gasteiger partial charge >= 0.3 is 0 Å². The van der Waals surface area contributed by atoms with Crippen molar-refractivity contribution in [3.63, 3.8) is 0 Å². The second-order valence-corrected chi connectivity index (χ2v) is 7.44. The van der Waals surface area contributed by atoms with Gasteiger partial charge in [-0.25, -0.2) is 4.39 Å². The van der Waals surface area contributed by atoms with Gasteiger partial charge < -0.3 is 25.3 Å². The highest BCUT2D eigenvalue weighted by Crippen LogP contribution is 2.36. The molecule has 0 aliphatic carbocycles. The van der Waals surface area contributed by atoms with Crippen molar-refractivity contribution >= 4 is 17.1 Å². The summed E-state index contributed by atoms with van der Waals surface area (Å²) in [6.45, 7) is 3.10. The molecule has 0 fully saturated rings. The molecule has 1 heterocycles. The Morgan fingerprint density at radius 3 is 2.40 bits per heavy atom. The van der Waals surface area contributed by atoms with Crippen LogP contribution in [0.5, 0.6) is 5.75 Å². The molecule has 0 aliphatic rings. The number of hydrogen-bond acceptors (Lipinski definition) is 8. The minimum absolute atomic E-state index is 0.0958. The molecular formula is C21H24FN3O5. The SMILES string of the molecule is Cc1coc([C@H](Nc2c(Nc3cccc(C(O)N(C)C)c3O)c(=O)c2=O)C(C)F)c1. The van der Waals surface area contributed by atoms with Crippen LogP contribution in [0.1, 0.15) is 36.1 Å². The predicted molar refractivity (Wildman–Crippen MR) is 112 cm³/mol. The van der Waals surface area contributed by atoms with Gasteiger partial charge in [-0.2, -0.15) is 0 Å². The van der Waals surface area contributed by atoms with Crippen LogP contribution in [0.15, 0.2) is 44.5 Å². The van der Waals surface area contributed by atoms with Gasteiger partial charge in [0, 0.05) is 5.56 Å². The average molecular weight is 417 g/mol. The third kappa shape index (κ3) is 3.94. The lowest BCUT2D eigenvalue weighted by molar-refractivity contribution is 0.0376. The average Bonchev–Trinajstić information content (AvgIpc) is 3.13. The Labute approximate surface area is 172 Å². The van der Waals surface area contributed by atoms with E-state index in [1.165, 1.54) is 30.2 Å². The fourth-order valence-electron chi connectivity index (χ4n) is 3.12. The maximum atomic E-state index is 14.2. The van der Waals surface area contributed by atoms with E-state index in [9.17, 15) is 24.2 Å². The van der Waals surface area contributed by atoms with Crippen molar-refractivity contribution < 1.29 is 19.0 Å². The van der Waals surface area contributed by atoms with Crippen molar-refractivity contribution in [2.24, 2.45) is 0 Å². The molecule has 0 radical (unpaired) electrons. The number of phenolic OH excluding ortho intramolecular Hbond substituents is 1. The number of aliphatic hydroxyl groups is 1. The fourth-order valence-corrected chi connectivity index (χ4v) is 3.12. The van der Waals surface area contributed by atoms with Crippen LogP contribution in [-0.4, -0.2) is 35.4 Å². The number of furan rings is 1. The van der Waals surface area contributed by atoms with E-state index < -0.39 is 29.3 Å². The van der Waals surface area contributed by atoms with Crippen LogP contribution < -0.4 is 21.5 Å². The monoisotopic (exact) mass is 417 g/mol. The second kappa shape index (κ2) is 8.29. The number of nitrogens with zero attached hydrogens (tertiary/aromatic N) is 1. The molecule has 9 heteroatoms. The van der Waals surface area contributed by atoms with Crippen molar-refractivity contribution in [3.05, 3.63) is 67.9 Å². The first-order chi connectivity index (χ1) is 14.1. The Morgan fingerprint density at radius 1 is 1.17 bits per heavy atom. The number of para-hydroxylation sites is 1. The van der Waals surface area contributed by atoms with E-state index in [2.05, 4.69) is 10.6 Å². The third-order valence-corrected chi connectivity index (χ3v) is 4.82. The Hall–Kier alpha value is -3.17. The van der Waals surface area contributed by atoms with Gasteiger partial charge in [-0.15, -0.1) is 0 Å². The first-order valence-electron chi connectivity index (χ1n) is 9.34. The zero-order chi connectivity index (χ0) is 22.2. The van der Waals surface area contributed by atoms with Crippen LogP contribution in [0.2, 0.25) is 0 Å². The maximum Gasteiger partial charge on any atom is 0.253 e. The lowest BCUT2D eigenvalue weighted by Crippen LogP contribution is -2.38. The highest BCUT2D eigenvalue weighted by Gasteiger charge is 2.29. The molecule has 8 nitrogen and oxygen atoms in total. The fraction of sp³-hybridized carbons (Fsp3) is 0.333. The van der Waals surface area contributed by atoms with Crippen molar-refractivity contribution in [2.75, 3.05) is 24.7 Å². The molecule has 0 amide bonds. The molecule has 30 heavy (non-hydrogen) atoms. The third-order valence-electron chi connectivity index (χ3n) is 4.82. The van der Waals surface area contributed by atoms with E-state index in [4.69, 9.17) is 4.42 Å². The van der Waals surface area contributed by atoms with Crippen LogP contribution in [-0.2, 0) is 0 Å². The Balaban J connectivity index is 1.92. The number of aliphatic hydroxyl groups excluding tert-OH is 1. The molecule has 0 saturated carbocycles. The number of nitrogens with one attached hydrogen (secondary N) is 2. The lowest BCUT2D eigenvalue weighted by Gasteiger charge is -2.23. The number of alkyl halides is 1. The van der Waals surface area contributed by atoms with Gasteiger partial charge in [0.05, 0.1) is 12.0 Å². The number of aromatic hydroxyl groups is 1. The summed E-state index contributed by atoms with van der Waals surface area (Å²) < 4.78 is 19.5. The van der Waals surface area contributed by atoms with Crippen LogP contribution in [0, 0.1) is 6.92 Å². The summed E-state index contributed by atoms with van der Waals surface area (Å²) in [5.74, 6) is 0.0233. The number of rotatable bonds is 8. The minimum atomic E-state index is -1.42. The molecule has 0 aliphatic heterocycles. The lowest BCUT2D eigenvalue weighted by atomic mass is 10.1. The van der Waals surface area contributed by atoms with Crippen molar-refractivity contribution in [1.29, 1.82) is 0 Å². The number of phenols is 1. The summed E-state index contributed by atoms with van der Waals surface area (Å²) >= 11 is 0. The summed E-state index contributed by atoms with van der Waals surface area (Å²) in [4.78, 5) is 25.8. The van der Waals surface area contributed by atoms with Crippen molar-refractivity contribution in [2.45, 2.75) is 32.3 Å². The number of benzene rings is 1. The minimum Gasteiger partial charge on any atom is -0.505 e. The summed E-state index contributed by atoms with van der Waals surface area (Å²) in [5, 5.41) is 26.2. The van der Waals surface area contributed by atoms with E-state index in [1.54, 1.807) is 33.2 Å². The maximum absolute atomic E-state index is 14.2. The molecule has 3 atom stereocenters. The quantitative estimate of drug-likeness (QED) is 0.251. The van der Waals surface area contributed by atoms with Gasteiger partial charge in [0.2, 0.25) is 0 Å². The van der Waals surface area contributed by atoms with Crippen molar-refractivity contribution in [1.82, 2.24) is 4.90 Å². The normalized spacial score (nSPS) is 14.6. The molecular weight excluding hydrogens is 393 g/mol. The molecule has 1 aromatic heterocycles. The molecule has 4 N–H and O–H groups in total. The van der Waals surface area contributed by atoms with E-state index in [0.29, 0.717) is 5.76 Å². The molecule has 3 rings (SSSR count). The largest absolute Gasteiger partial charge is 0.505 e. The summed E-state index contributed by atoms with van der Waals surface area (Å²) in [6, 6.07) is 5.28. The Kier molecular flexibility index (Phi) is 5.95. The summed E-state index contributed by atoms with van der Waals surface area (Å²) in [6.07, 6.45) is -1.02. The zero-order valence-electron chi connectivity index (χ0n) is 17.1. The molecule has 0 saturated heterocycles. The molecule has 3 aromatic rings. The molecule has 2 aromatic carbocycles. The Morgan fingerprint density at radius 2 is 1.83 bits per heavy atom. The van der Waals surface area contributed by atoms with Gasteiger partial charge in [-0.3, -0.25) is 14.5 Å². The van der Waals surface area contributed by atoms with E-state index in [1.807, 2.05) is 0 Å². The highest BCUT2D eigenvalue weighted by atomic mass is 19.1. The second-order valence-electron chi connectivity index (χ2n) is 7.44. The van der Waals surface area contributed by atoms with Crippen LogP contribution in [0.3, 0.4) is 0 Å². The topological polar surface area (TPSA) is 115 Å². The van der Waals surface area contributed by atoms with E-state index in [0.717, 1.165) is 5.56 Å². The predicted octanol–water partition coefficient (Wildman–Crippen LogP) is 2.70. The summed E-state index contributed by atoms with van der Waals surface area (Å²) in [5.41, 5.74) is -0.641. The number of aryl methyl sites for hydroxylation is 1. The number of halogens is 1. The number of anilines is 3. The van der Waals surface area contributed by atoms with Gasteiger partial charge in [0.15, 0.2) is 0 Å². The summed E-state index contributed by atoms with van der Waals surface area (Å²) in [7, 11) is 3.27. The van der Waals surface area contributed by atoms with E-state index in [-0.39, 0.29) is 28.4 Å². The smallest absolute Gasteiger partial charge is 0.253 e. The molecule has 160 valence electrons. The molecule has 2 unspecified atom stereocenters. The standard InChI is InChI=1S/C21H24FN3O5/c1-10-8-14(30-9-10)15(11(2)22)24-17-16(19(27)20(17)28)23-13-7-5-6-12(18(13)26)21(29)25(3)4/h5-9,11,15,21,23-24,26,29H,1-4H3/t11?,15-,21?/m1/s1. The number of hydrogen-bond donors (Lipinski definition) is 4. The first kappa shape index (κ1) is 21.5. The first-order valence-corrected chi connectivity index (χ1v) is 9.34. The zero-order valence-corrected chi connectivity index (χ0v) is 17.1. The highest BCUT2D eigenvalue weighted by molar-refractivity contribution is 5.81. The molecule has 0 bridgehead atoms. The van der Waals surface area contributed by atoms with Gasteiger partial charge in [0.1, 0.15) is 41.3 Å². The van der Waals surface area contributed by atoms with E-state index >= 15 is 0 Å². The van der Waals surface area contributed by atoms with Crippen LogP contribution >= 0.6 is 0 Å². The Bertz CT molecular complexity index is 1110. The van der Waals surface area contributed by atoms with Gasteiger partial charge in [0.25, 0.3) is 10.9 Å². The van der Waals surface area contributed by atoms with Gasteiger partial charge in [-0.1, -0.05) is 12.1 Å². The van der Waals surface area contributed by atoms with Crippen LogP contribution in [0.25, 0.3) is 0 Å². The van der Waals surface area contributed by atoms with Crippen molar-refractivity contribution in [3.8, 4) is 5.75 Å². The molecule has 0 spiro atoms. The van der Waals surface area contributed by atoms with Crippen LogP contribution in [0.4, 0.5) is 21.5 Å². The van der Waals surface area contributed by atoms with Gasteiger partial charge in [-0.05, 0) is 45.6 Å².